The highest BCUT2D eigenvalue weighted by atomic mass is 32.1. The molecule has 0 aliphatic carbocycles. The number of thiophene rings is 1. The smallest absolute Gasteiger partial charge is 0.475 e. The number of fused-ring (bicyclic) bond motifs is 1. The molecule has 0 bridgehead atoms. The van der Waals surface area contributed by atoms with Gasteiger partial charge in [-0.2, -0.15) is 18.2 Å². The van der Waals surface area contributed by atoms with Crippen LogP contribution in [0.3, 0.4) is 0 Å². The normalized spacial score (nSPS) is 14.2. The number of anilines is 2. The third-order valence-corrected chi connectivity index (χ3v) is 8.12. The second kappa shape index (κ2) is 13.8. The summed E-state index contributed by atoms with van der Waals surface area (Å²) in [4.78, 5) is 32.9. The van der Waals surface area contributed by atoms with E-state index in [1.165, 1.54) is 16.0 Å². The van der Waals surface area contributed by atoms with Crippen molar-refractivity contribution in [2.24, 2.45) is 0 Å². The summed E-state index contributed by atoms with van der Waals surface area (Å²) in [6.07, 6.45) is -3.09. The zero-order chi connectivity index (χ0) is 32.9. The number of carbonyl (C=O) groups is 1. The first kappa shape index (κ1) is 33.6. The number of carboxylic acids is 1. The Morgan fingerprint density at radius 2 is 1.67 bits per heavy atom. The Balaban J connectivity index is 0.000000591. The molecule has 0 unspecified atom stereocenters. The second-order valence-electron chi connectivity index (χ2n) is 11.8. The maximum atomic E-state index is 10.9. The number of hydrogen-bond acceptors (Lipinski definition) is 9. The molecule has 2 aromatic carbocycles. The van der Waals surface area contributed by atoms with Crippen LogP contribution in [0.5, 0.6) is 0 Å². The standard InChI is InChI=1S/C29H34N6O2S.C2HF3O2/c1-19-5-9-21(10-6-19)25-17-24-26(38-25)27(32-28(31-24)33-29(2,3)4)34-15-13-22(14-16-34)30-18-20-7-11-23(12-8-20)35(36)37;3-2(4,5)1(6)7/h5-12,17,22,30H,13-16,18H2,1-4H3,(H,31,32,33);(H,6,7). The van der Waals surface area contributed by atoms with Crippen molar-refractivity contribution in [1.82, 2.24) is 15.3 Å². The lowest BCUT2D eigenvalue weighted by Crippen LogP contribution is -2.42. The average Bonchev–Trinajstić information content (AvgIpc) is 3.39. The molecule has 1 saturated heterocycles. The summed E-state index contributed by atoms with van der Waals surface area (Å²) < 4.78 is 32.9. The zero-order valence-corrected chi connectivity index (χ0v) is 26.1. The maximum Gasteiger partial charge on any atom is 0.490 e. The number of halogens is 3. The zero-order valence-electron chi connectivity index (χ0n) is 25.3. The van der Waals surface area contributed by atoms with E-state index in [1.54, 1.807) is 23.5 Å². The quantitative estimate of drug-likeness (QED) is 0.141. The van der Waals surface area contributed by atoms with Gasteiger partial charge in [0.15, 0.2) is 5.82 Å². The van der Waals surface area contributed by atoms with E-state index < -0.39 is 12.1 Å². The van der Waals surface area contributed by atoms with E-state index in [9.17, 15) is 23.3 Å². The lowest BCUT2D eigenvalue weighted by atomic mass is 10.0. The van der Waals surface area contributed by atoms with Gasteiger partial charge in [-0.05, 0) is 57.7 Å². The number of rotatable bonds is 7. The molecule has 1 fully saturated rings. The van der Waals surface area contributed by atoms with Gasteiger partial charge in [0, 0.05) is 48.2 Å². The SMILES string of the molecule is Cc1ccc(-c2cc3nc(NC(C)(C)C)nc(N4CCC(NCc5ccc([N+](=O)[O-])cc5)CC4)c3s2)cc1.O=C(O)C(F)(F)F. The van der Waals surface area contributed by atoms with E-state index in [2.05, 4.69) is 73.6 Å². The number of nitrogens with one attached hydrogen (secondary N) is 2. The minimum Gasteiger partial charge on any atom is -0.475 e. The summed E-state index contributed by atoms with van der Waals surface area (Å²) in [6.45, 7) is 11.0. The molecule has 3 heterocycles. The van der Waals surface area contributed by atoms with E-state index in [1.807, 2.05) is 12.1 Å². The van der Waals surface area contributed by atoms with Crippen LogP contribution in [0.15, 0.2) is 54.6 Å². The number of nitro benzene ring substituents is 1. The van der Waals surface area contributed by atoms with E-state index in [4.69, 9.17) is 19.9 Å². The number of non-ortho nitro benzene ring substituents is 1. The van der Waals surface area contributed by atoms with Crippen molar-refractivity contribution >= 4 is 45.0 Å². The summed E-state index contributed by atoms with van der Waals surface area (Å²) >= 11 is 1.76. The number of aryl methyl sites for hydroxylation is 1. The number of nitro groups is 1. The molecule has 240 valence electrons. The van der Waals surface area contributed by atoms with Crippen LogP contribution in [0.1, 0.15) is 44.7 Å². The molecule has 5 rings (SSSR count). The summed E-state index contributed by atoms with van der Waals surface area (Å²) in [5.74, 6) is -1.10. The number of hydrogen-bond donors (Lipinski definition) is 3. The molecule has 45 heavy (non-hydrogen) atoms. The van der Waals surface area contributed by atoms with Gasteiger partial charge in [0.05, 0.1) is 15.1 Å². The van der Waals surface area contributed by atoms with Gasteiger partial charge in [0.25, 0.3) is 5.69 Å². The minimum absolute atomic E-state index is 0.123. The predicted octanol–water partition coefficient (Wildman–Crippen LogP) is 7.18. The van der Waals surface area contributed by atoms with Gasteiger partial charge in [-0.3, -0.25) is 10.1 Å². The van der Waals surface area contributed by atoms with Gasteiger partial charge in [-0.1, -0.05) is 42.0 Å². The Labute approximate surface area is 262 Å². The Kier molecular flexibility index (Phi) is 10.3. The molecule has 2 aromatic heterocycles. The number of nitrogens with zero attached hydrogens (tertiary/aromatic N) is 4. The van der Waals surface area contributed by atoms with Crippen LogP contribution in [0.25, 0.3) is 20.7 Å². The highest BCUT2D eigenvalue weighted by Crippen LogP contribution is 2.39. The lowest BCUT2D eigenvalue weighted by Gasteiger charge is -2.34. The van der Waals surface area contributed by atoms with Gasteiger partial charge >= 0.3 is 12.1 Å². The number of aromatic nitrogens is 2. The molecular weight excluding hydrogens is 609 g/mol. The van der Waals surface area contributed by atoms with Gasteiger partial charge in [0.2, 0.25) is 5.95 Å². The van der Waals surface area contributed by atoms with E-state index in [0.717, 1.165) is 47.5 Å². The number of carboxylic acid groups (broad SMARTS) is 1. The van der Waals surface area contributed by atoms with Crippen molar-refractivity contribution in [3.8, 4) is 10.4 Å². The third kappa shape index (κ3) is 9.35. The van der Waals surface area contributed by atoms with Crippen molar-refractivity contribution in [2.45, 2.75) is 64.8 Å². The first-order valence-corrected chi connectivity index (χ1v) is 15.1. The van der Waals surface area contributed by atoms with Crippen molar-refractivity contribution < 1.29 is 28.0 Å². The second-order valence-corrected chi connectivity index (χ2v) is 12.9. The summed E-state index contributed by atoms with van der Waals surface area (Å²) in [5.41, 5.74) is 4.45. The Morgan fingerprint density at radius 3 is 2.20 bits per heavy atom. The first-order chi connectivity index (χ1) is 21.1. The Bertz CT molecular complexity index is 1630. The highest BCUT2D eigenvalue weighted by molar-refractivity contribution is 7.22. The molecule has 0 spiro atoms. The summed E-state index contributed by atoms with van der Waals surface area (Å²) in [6, 6.07) is 18.0. The summed E-state index contributed by atoms with van der Waals surface area (Å²) in [5, 5.41) is 25.1. The number of aliphatic carboxylic acids is 1. The summed E-state index contributed by atoms with van der Waals surface area (Å²) in [7, 11) is 0. The first-order valence-electron chi connectivity index (χ1n) is 14.3. The molecule has 0 atom stereocenters. The van der Waals surface area contributed by atoms with Crippen molar-refractivity contribution in [3.63, 3.8) is 0 Å². The van der Waals surface area contributed by atoms with Gasteiger partial charge in [-0.25, -0.2) is 9.78 Å². The van der Waals surface area contributed by atoms with Crippen LogP contribution in [0.4, 0.5) is 30.6 Å². The maximum absolute atomic E-state index is 10.9. The number of piperidine rings is 1. The topological polar surface area (TPSA) is 134 Å². The van der Waals surface area contributed by atoms with Crippen molar-refractivity contribution in [1.29, 1.82) is 0 Å². The lowest BCUT2D eigenvalue weighted by molar-refractivity contribution is -0.384. The van der Waals surface area contributed by atoms with Crippen LogP contribution >= 0.6 is 11.3 Å². The number of alkyl halides is 3. The van der Waals surface area contributed by atoms with Crippen LogP contribution in [-0.2, 0) is 11.3 Å². The average molecular weight is 645 g/mol. The van der Waals surface area contributed by atoms with Crippen LogP contribution < -0.4 is 15.5 Å². The molecule has 14 heteroatoms. The van der Waals surface area contributed by atoms with Crippen LogP contribution in [0.2, 0.25) is 0 Å². The van der Waals surface area contributed by atoms with E-state index in [-0.39, 0.29) is 16.1 Å². The van der Waals surface area contributed by atoms with E-state index >= 15 is 0 Å². The molecular formula is C31H35F3N6O4S. The molecule has 4 aromatic rings. The molecule has 3 N–H and O–H groups in total. The van der Waals surface area contributed by atoms with Gasteiger partial charge in [0.1, 0.15) is 0 Å². The minimum atomic E-state index is -5.08. The molecule has 1 aliphatic heterocycles. The molecule has 0 saturated carbocycles. The fourth-order valence-corrected chi connectivity index (χ4v) is 5.79. The van der Waals surface area contributed by atoms with E-state index in [0.29, 0.717) is 18.5 Å². The van der Waals surface area contributed by atoms with Crippen molar-refractivity contribution in [2.75, 3.05) is 23.3 Å². The largest absolute Gasteiger partial charge is 0.490 e. The predicted molar refractivity (Wildman–Crippen MR) is 170 cm³/mol. The van der Waals surface area contributed by atoms with Crippen molar-refractivity contribution in [3.05, 3.63) is 75.8 Å². The molecule has 0 radical (unpaired) electrons. The monoisotopic (exact) mass is 644 g/mol. The molecule has 1 aliphatic rings. The molecule has 10 nitrogen and oxygen atoms in total. The Morgan fingerprint density at radius 1 is 1.07 bits per heavy atom. The van der Waals surface area contributed by atoms with Gasteiger partial charge in [-0.15, -0.1) is 11.3 Å². The highest BCUT2D eigenvalue weighted by Gasteiger charge is 2.38. The fraction of sp³-hybridized carbons (Fsp3) is 0.387. The number of benzene rings is 2. The molecule has 0 amide bonds. The third-order valence-electron chi connectivity index (χ3n) is 6.96. The van der Waals surface area contributed by atoms with Crippen LogP contribution in [0, 0.1) is 17.0 Å². The fourth-order valence-electron chi connectivity index (χ4n) is 4.67. The van der Waals surface area contributed by atoms with Crippen LogP contribution in [-0.4, -0.2) is 56.8 Å². The van der Waals surface area contributed by atoms with Gasteiger partial charge < -0.3 is 20.6 Å². The Hall–Kier alpha value is -4.30.